The average molecular weight is 292 g/mol. The van der Waals surface area contributed by atoms with Crippen LogP contribution in [0.15, 0.2) is 24.3 Å². The van der Waals surface area contributed by atoms with Crippen molar-refractivity contribution in [2.24, 2.45) is 11.1 Å². The zero-order valence-corrected chi connectivity index (χ0v) is 13.6. The van der Waals surface area contributed by atoms with Crippen molar-refractivity contribution in [1.82, 2.24) is 4.90 Å². The van der Waals surface area contributed by atoms with Crippen molar-refractivity contribution >= 4 is 23.1 Å². The third kappa shape index (κ3) is 5.29. The Morgan fingerprint density at radius 1 is 1.25 bits per heavy atom. The van der Waals surface area contributed by atoms with E-state index in [4.69, 9.17) is 18.0 Å². The monoisotopic (exact) mass is 292 g/mol. The Bertz CT molecular complexity index is 474. The van der Waals surface area contributed by atoms with Gasteiger partial charge in [-0.1, -0.05) is 62.8 Å². The number of thiocarbonyl (C=S) groups is 1. The third-order valence-electron chi connectivity index (χ3n) is 3.05. The molecular formula is C16H24N2OS. The van der Waals surface area contributed by atoms with Gasteiger partial charge in [0.15, 0.2) is 0 Å². The number of aryl methyl sites for hydroxylation is 1. The number of benzene rings is 1. The van der Waals surface area contributed by atoms with Crippen molar-refractivity contribution in [2.45, 2.75) is 40.7 Å². The molecule has 2 N–H and O–H groups in total. The maximum atomic E-state index is 12.5. The van der Waals surface area contributed by atoms with E-state index < -0.39 is 5.41 Å². The second-order valence-electron chi connectivity index (χ2n) is 6.18. The molecule has 0 heterocycles. The highest BCUT2D eigenvalue weighted by Gasteiger charge is 2.27. The van der Waals surface area contributed by atoms with Crippen LogP contribution < -0.4 is 5.73 Å². The zero-order chi connectivity index (χ0) is 15.3. The largest absolute Gasteiger partial charge is 0.393 e. The Labute approximate surface area is 127 Å². The fraction of sp³-hybridized carbons (Fsp3) is 0.500. The number of carbonyl (C=O) groups excluding carboxylic acids is 1. The average Bonchev–Trinajstić information content (AvgIpc) is 2.34. The van der Waals surface area contributed by atoms with Gasteiger partial charge >= 0.3 is 0 Å². The van der Waals surface area contributed by atoms with Crippen LogP contribution in [0.4, 0.5) is 0 Å². The quantitative estimate of drug-likeness (QED) is 0.849. The summed E-state index contributed by atoms with van der Waals surface area (Å²) in [6.45, 7) is 9.00. The number of carbonyl (C=O) groups is 1. The van der Waals surface area contributed by atoms with Gasteiger partial charge in [-0.3, -0.25) is 4.79 Å². The van der Waals surface area contributed by atoms with Gasteiger partial charge in [0, 0.05) is 24.9 Å². The van der Waals surface area contributed by atoms with E-state index >= 15 is 0 Å². The van der Waals surface area contributed by atoms with Crippen molar-refractivity contribution < 1.29 is 4.79 Å². The van der Waals surface area contributed by atoms with Crippen LogP contribution >= 0.6 is 12.2 Å². The minimum atomic E-state index is -0.402. The molecule has 1 aromatic rings. The van der Waals surface area contributed by atoms with Crippen LogP contribution in [0.2, 0.25) is 0 Å². The Balaban J connectivity index is 2.84. The van der Waals surface area contributed by atoms with Gasteiger partial charge in [0.2, 0.25) is 5.91 Å². The maximum absolute atomic E-state index is 12.5. The molecule has 0 fully saturated rings. The molecule has 0 saturated carbocycles. The summed E-state index contributed by atoms with van der Waals surface area (Å²) in [5.41, 5.74) is 7.49. The fourth-order valence-corrected chi connectivity index (χ4v) is 1.98. The van der Waals surface area contributed by atoms with Crippen molar-refractivity contribution in [3.05, 3.63) is 35.4 Å². The van der Waals surface area contributed by atoms with Gasteiger partial charge in [0.05, 0.1) is 4.99 Å². The molecule has 20 heavy (non-hydrogen) atoms. The molecule has 0 saturated heterocycles. The van der Waals surface area contributed by atoms with Gasteiger partial charge in [-0.05, 0) is 12.5 Å². The predicted molar refractivity (Wildman–Crippen MR) is 87.5 cm³/mol. The summed E-state index contributed by atoms with van der Waals surface area (Å²) in [6.07, 6.45) is 0.559. The number of amides is 1. The second kappa shape index (κ2) is 6.84. The van der Waals surface area contributed by atoms with Crippen molar-refractivity contribution in [2.75, 3.05) is 6.54 Å². The fourth-order valence-electron chi connectivity index (χ4n) is 1.89. The summed E-state index contributed by atoms with van der Waals surface area (Å²) in [4.78, 5) is 14.8. The summed E-state index contributed by atoms with van der Waals surface area (Å²) in [5, 5.41) is 0. The molecule has 0 aliphatic heterocycles. The van der Waals surface area contributed by atoms with Crippen LogP contribution in [0.1, 0.15) is 38.3 Å². The maximum Gasteiger partial charge on any atom is 0.228 e. The molecule has 0 radical (unpaired) electrons. The number of hydrogen-bond acceptors (Lipinski definition) is 2. The first kappa shape index (κ1) is 16.6. The summed E-state index contributed by atoms with van der Waals surface area (Å²) in [6, 6.07) is 8.23. The van der Waals surface area contributed by atoms with Crippen molar-refractivity contribution in [3.63, 3.8) is 0 Å². The summed E-state index contributed by atoms with van der Waals surface area (Å²) in [5.74, 6) is 0.120. The van der Waals surface area contributed by atoms with E-state index in [1.807, 2.05) is 25.7 Å². The highest BCUT2D eigenvalue weighted by molar-refractivity contribution is 7.80. The van der Waals surface area contributed by atoms with Crippen LogP contribution in [-0.4, -0.2) is 22.3 Å². The lowest BCUT2D eigenvalue weighted by molar-refractivity contribution is -0.140. The highest BCUT2D eigenvalue weighted by atomic mass is 32.1. The van der Waals surface area contributed by atoms with E-state index in [2.05, 4.69) is 31.2 Å². The molecule has 110 valence electrons. The number of nitrogens with zero attached hydrogens (tertiary/aromatic N) is 1. The molecular weight excluding hydrogens is 268 g/mol. The first-order valence-corrected chi connectivity index (χ1v) is 7.24. The van der Waals surface area contributed by atoms with Gasteiger partial charge in [-0.15, -0.1) is 0 Å². The summed E-state index contributed by atoms with van der Waals surface area (Å²) >= 11 is 4.92. The normalized spacial score (nSPS) is 11.2. The van der Waals surface area contributed by atoms with Crippen LogP contribution in [0, 0.1) is 12.3 Å². The van der Waals surface area contributed by atoms with E-state index in [9.17, 15) is 4.79 Å². The molecule has 1 aromatic carbocycles. The predicted octanol–water partition coefficient (Wildman–Crippen LogP) is 3.05. The summed E-state index contributed by atoms with van der Waals surface area (Å²) < 4.78 is 0. The van der Waals surface area contributed by atoms with E-state index in [-0.39, 0.29) is 5.91 Å². The van der Waals surface area contributed by atoms with Gasteiger partial charge in [0.1, 0.15) is 0 Å². The molecule has 0 aliphatic carbocycles. The minimum absolute atomic E-state index is 0.120. The Morgan fingerprint density at radius 3 is 2.25 bits per heavy atom. The van der Waals surface area contributed by atoms with E-state index in [1.165, 1.54) is 5.56 Å². The standard InChI is InChI=1S/C16H24N2OS/c1-12-5-7-13(8-6-12)11-18(10-9-14(17)20)15(19)16(2,3)4/h5-8H,9-11H2,1-4H3,(H2,17,20). The molecule has 0 bridgehead atoms. The van der Waals surface area contributed by atoms with Crippen molar-refractivity contribution in [3.8, 4) is 0 Å². The number of nitrogens with two attached hydrogens (primary N) is 1. The molecule has 1 amide bonds. The van der Waals surface area contributed by atoms with Crippen LogP contribution in [0.25, 0.3) is 0 Å². The highest BCUT2D eigenvalue weighted by Crippen LogP contribution is 2.19. The van der Waals surface area contributed by atoms with Crippen LogP contribution in [0.5, 0.6) is 0 Å². The molecule has 0 atom stereocenters. The van der Waals surface area contributed by atoms with E-state index in [0.29, 0.717) is 24.5 Å². The Morgan fingerprint density at radius 2 is 1.80 bits per heavy atom. The number of hydrogen-bond donors (Lipinski definition) is 1. The van der Waals surface area contributed by atoms with Gasteiger partial charge in [-0.25, -0.2) is 0 Å². The van der Waals surface area contributed by atoms with Gasteiger partial charge < -0.3 is 10.6 Å². The molecule has 1 rings (SSSR count). The lowest BCUT2D eigenvalue weighted by Gasteiger charge is -2.29. The van der Waals surface area contributed by atoms with Gasteiger partial charge in [0.25, 0.3) is 0 Å². The number of rotatable bonds is 5. The van der Waals surface area contributed by atoms with Crippen molar-refractivity contribution in [1.29, 1.82) is 0 Å². The molecule has 3 nitrogen and oxygen atoms in total. The summed E-state index contributed by atoms with van der Waals surface area (Å²) in [7, 11) is 0. The smallest absolute Gasteiger partial charge is 0.228 e. The van der Waals surface area contributed by atoms with E-state index in [0.717, 1.165) is 5.56 Å². The molecule has 0 spiro atoms. The first-order chi connectivity index (χ1) is 9.20. The Kier molecular flexibility index (Phi) is 5.69. The SMILES string of the molecule is Cc1ccc(CN(CCC(N)=S)C(=O)C(C)(C)C)cc1. The molecule has 4 heteroatoms. The lowest BCUT2D eigenvalue weighted by atomic mass is 9.94. The third-order valence-corrected chi connectivity index (χ3v) is 3.26. The van der Waals surface area contributed by atoms with Crippen LogP contribution in [0.3, 0.4) is 0 Å². The minimum Gasteiger partial charge on any atom is -0.393 e. The topological polar surface area (TPSA) is 46.3 Å². The van der Waals surface area contributed by atoms with E-state index in [1.54, 1.807) is 0 Å². The second-order valence-corrected chi connectivity index (χ2v) is 6.70. The van der Waals surface area contributed by atoms with Crippen LogP contribution in [-0.2, 0) is 11.3 Å². The van der Waals surface area contributed by atoms with Gasteiger partial charge in [-0.2, -0.15) is 0 Å². The lowest BCUT2D eigenvalue weighted by Crippen LogP contribution is -2.40. The first-order valence-electron chi connectivity index (χ1n) is 6.83. The molecule has 0 unspecified atom stereocenters. The molecule has 0 aromatic heterocycles. The molecule has 0 aliphatic rings. The zero-order valence-electron chi connectivity index (χ0n) is 12.8. The Hall–Kier alpha value is -1.42.